The molecule has 686 valence electrons. The van der Waals surface area contributed by atoms with E-state index in [1.54, 1.807) is 84.3 Å². The zero-order valence-electron chi connectivity index (χ0n) is 76.2. The molecule has 0 spiro atoms. The summed E-state index contributed by atoms with van der Waals surface area (Å²) in [7, 11) is 6.22. The third-order valence-electron chi connectivity index (χ3n) is 24.0. The van der Waals surface area contributed by atoms with Crippen LogP contribution in [0.4, 0.5) is 31.1 Å². The predicted octanol–water partition coefficient (Wildman–Crippen LogP) is 22.9. The number of cyclic esters (lactones) is 1. The number of aromatic nitrogens is 4. The van der Waals surface area contributed by atoms with Crippen LogP contribution in [0.1, 0.15) is 324 Å². The second-order valence-corrected chi connectivity index (χ2v) is 38.3. The molecule has 0 unspecified atom stereocenters. The van der Waals surface area contributed by atoms with E-state index in [0.29, 0.717) is 112 Å². The molecule has 0 bridgehead atoms. The molecule has 0 radical (unpaired) electrons. The van der Waals surface area contributed by atoms with Crippen LogP contribution in [0.5, 0.6) is 23.0 Å². The molecule has 4 atom stereocenters. The van der Waals surface area contributed by atoms with Crippen molar-refractivity contribution in [1.29, 1.82) is 0 Å². The first-order valence-corrected chi connectivity index (χ1v) is 43.4. The van der Waals surface area contributed by atoms with Crippen molar-refractivity contribution in [1.82, 2.24) is 10.2 Å². The molecule has 1 fully saturated rings. The number of methoxy groups -OCH3 is 4. The van der Waals surface area contributed by atoms with Crippen molar-refractivity contribution in [2.24, 2.45) is 21.7 Å². The Hall–Kier alpha value is -8.62. The Balaban J connectivity index is 0.000000260. The summed E-state index contributed by atoms with van der Waals surface area (Å²) in [6.07, 6.45) is -1.18. The number of alkyl halides is 8. The Kier molecular flexibility index (Phi) is 36.3. The fourth-order valence-corrected chi connectivity index (χ4v) is 17.2. The number of hydrogen-bond donors (Lipinski definition) is 3. The number of carbonyl (C=O) groups is 2. The lowest BCUT2D eigenvalue weighted by Gasteiger charge is -2.35. The minimum Gasteiger partial charge on any atom is -0.618 e. The molecule has 4 aliphatic carbocycles. The predicted molar refractivity (Wildman–Crippen MR) is 479 cm³/mol. The number of nitrogens with one attached hydrogen (secondary N) is 1. The van der Waals surface area contributed by atoms with Crippen LogP contribution < -0.4 is 43.2 Å². The molecule has 0 saturated carbocycles. The summed E-state index contributed by atoms with van der Waals surface area (Å²) in [5.74, 6) is 2.39. The summed E-state index contributed by atoms with van der Waals surface area (Å²) in [6.45, 7) is 40.5. The normalized spacial score (nSPS) is 18.5. The van der Waals surface area contributed by atoms with Crippen molar-refractivity contribution < 1.29 is 88.8 Å². The molecule has 5 aliphatic rings. The van der Waals surface area contributed by atoms with E-state index in [1.807, 2.05) is 85.7 Å². The fourth-order valence-electron chi connectivity index (χ4n) is 17.2. The Morgan fingerprint density at radius 2 is 0.863 bits per heavy atom. The third kappa shape index (κ3) is 25.6. The standard InChI is InChI=1S/C30H37F3N2O4.C29H39F3N2O3.C18H27NO3.C18H25NO3.CH2Cl2.CH4/c1-17(2)24-8-9-25(38-7)26(35(24)37)23-10-11-29(5,6)15-21(23)16-34-19(4)27(39-28(34)36)20-12-18(3)13-22(14-20)30(31,32)33;1-17(2)24-8-9-25(37-7)26(34(24)36)23-10-11-28(5,6)15-21(23)16-33-19(4)27(35)20-12-18(3)13-22(14-20)29(30,31)32;2*1-12(2)15-6-7-16(22-5)17(19(15)21)14-8-9-18(3,4)10-13(14)11-20;2-1-3;/h8-9,12-14,17,19,27H,10-11,15-16H2,1-7H3;8-9,12-14,17,19,27,33,35H,10-11,15-16H2,1-7H3;6-7,12,20H,8-11H2,1-5H3;6-7,11-12H,8-10H2,1-5H3;1H2;1H4/t2*19-,27-;;;;/m00..../s1. The van der Waals surface area contributed by atoms with Gasteiger partial charge in [0.05, 0.1) is 63.7 Å². The zero-order chi connectivity index (χ0) is 92.3. The molecule has 1 amide bonds. The molecule has 1 saturated heterocycles. The van der Waals surface area contributed by atoms with Gasteiger partial charge in [-0.25, -0.2) is 4.79 Å². The van der Waals surface area contributed by atoms with E-state index in [-0.39, 0.29) is 76.8 Å². The topological polar surface area (TPSA) is 244 Å². The minimum atomic E-state index is -4.50. The Morgan fingerprint density at radius 3 is 1.23 bits per heavy atom. The van der Waals surface area contributed by atoms with Gasteiger partial charge >= 0.3 is 18.4 Å². The lowest BCUT2D eigenvalue weighted by Crippen LogP contribution is -2.40. The van der Waals surface area contributed by atoms with Gasteiger partial charge in [-0.05, 0) is 203 Å². The zero-order valence-corrected chi connectivity index (χ0v) is 77.7. The van der Waals surface area contributed by atoms with Crippen LogP contribution in [0, 0.1) is 56.3 Å². The van der Waals surface area contributed by atoms with Crippen LogP contribution in [0.25, 0.3) is 22.3 Å². The largest absolute Gasteiger partial charge is 0.618 e. The summed E-state index contributed by atoms with van der Waals surface area (Å²) >= 11 is 9.53. The number of pyridine rings is 4. The van der Waals surface area contributed by atoms with Crippen molar-refractivity contribution in [3.05, 3.63) is 207 Å². The highest BCUT2D eigenvalue weighted by molar-refractivity contribution is 6.40. The van der Waals surface area contributed by atoms with Crippen LogP contribution in [-0.2, 0) is 21.9 Å². The number of rotatable bonds is 22. The number of amides is 1. The maximum atomic E-state index is 13.5. The van der Waals surface area contributed by atoms with Crippen molar-refractivity contribution in [2.45, 2.75) is 283 Å². The summed E-state index contributed by atoms with van der Waals surface area (Å²) < 4.78 is 112. The Morgan fingerprint density at radius 1 is 0.532 bits per heavy atom. The lowest BCUT2D eigenvalue weighted by molar-refractivity contribution is -0.618. The molecule has 1 aliphatic heterocycles. The number of aryl methyl sites for hydroxylation is 2. The minimum absolute atomic E-state index is 0. The van der Waals surface area contributed by atoms with Gasteiger partial charge < -0.3 is 60.0 Å². The summed E-state index contributed by atoms with van der Waals surface area (Å²) in [6, 6.07) is 20.9. The van der Waals surface area contributed by atoms with Gasteiger partial charge in [0.15, 0.2) is 45.8 Å². The summed E-state index contributed by atoms with van der Waals surface area (Å²) in [5, 5.41) is 76.8. The van der Waals surface area contributed by atoms with E-state index in [1.165, 1.54) is 7.11 Å². The second-order valence-electron chi connectivity index (χ2n) is 37.5. The molecule has 27 heteroatoms. The molecular formula is C97H134Cl2F6N6O13. The molecule has 19 nitrogen and oxygen atoms in total. The first kappa shape index (κ1) is 104. The molecule has 2 aromatic carbocycles. The average Bonchev–Trinajstić information content (AvgIpc) is 1.23. The number of aliphatic hydroxyl groups excluding tert-OH is 2. The van der Waals surface area contributed by atoms with Crippen LogP contribution in [0.2, 0.25) is 0 Å². The van der Waals surface area contributed by atoms with Gasteiger partial charge in [0.2, 0.25) is 0 Å². The molecule has 5 heterocycles. The number of nitrogens with zero attached hydrogens (tertiary/aromatic N) is 5. The molecule has 6 aromatic rings. The quantitative estimate of drug-likeness (QED) is 0.0188. The van der Waals surface area contributed by atoms with Gasteiger partial charge in [-0.3, -0.25) is 9.69 Å². The molecule has 4 aromatic heterocycles. The van der Waals surface area contributed by atoms with Crippen molar-refractivity contribution >= 4 is 57.9 Å². The van der Waals surface area contributed by atoms with E-state index in [9.17, 15) is 67.0 Å². The maximum Gasteiger partial charge on any atom is 0.416 e. The molecule has 3 N–H and O–H groups in total. The highest BCUT2D eigenvalue weighted by Gasteiger charge is 2.45. The fraction of sp³-hybridized carbons (Fsp3) is 0.567. The number of allylic oxidation sites excluding steroid dienone is 5. The van der Waals surface area contributed by atoms with Crippen molar-refractivity contribution in [3.63, 3.8) is 0 Å². The van der Waals surface area contributed by atoms with Crippen LogP contribution in [-0.4, -0.2) is 93.1 Å². The number of ether oxygens (including phenoxy) is 5. The van der Waals surface area contributed by atoms with Crippen LogP contribution in [0.3, 0.4) is 0 Å². The van der Waals surface area contributed by atoms with Crippen molar-refractivity contribution in [2.75, 3.05) is 53.5 Å². The number of aldehydes is 1. The van der Waals surface area contributed by atoms with Gasteiger partial charge in [0, 0.05) is 94.9 Å². The number of carbonyl (C=O) groups excluding carboxylic acids is 2. The monoisotopic (exact) mass is 1770 g/mol. The summed E-state index contributed by atoms with van der Waals surface area (Å²) in [4.78, 5) is 26.2. The second kappa shape index (κ2) is 43.3. The van der Waals surface area contributed by atoms with E-state index < -0.39 is 53.9 Å². The van der Waals surface area contributed by atoms with Gasteiger partial charge in [0.25, 0.3) is 22.8 Å². The SMILES string of the molecule is C.COc1ccc(C(C)C)[n+]([O-])c1C1=C(C=O)CC(C)(C)CC1.COc1ccc(C(C)C)[n+]([O-])c1C1=C(CN2C(=O)O[C@H](c3cc(C)cc(C(F)(F)F)c3)[C@@H]2C)CC(C)(C)CC1.COc1ccc(C(C)C)[n+]([O-])c1C1=C(CN[C@@H](C)[C@H](O)c2cc(C)cc(C(F)(F)F)c2)CC(C)(C)CC1.COc1ccc(C(C)C)[n+]([O-])c1C1=C(CO)CC(C)(C)CC1.ClCCl. The van der Waals surface area contributed by atoms with E-state index >= 15 is 0 Å². The first-order chi connectivity index (χ1) is 57.3. The Labute approximate surface area is 741 Å². The lowest BCUT2D eigenvalue weighted by atomic mass is 9.73. The first-order valence-electron chi connectivity index (χ1n) is 42.3. The van der Waals surface area contributed by atoms with Gasteiger partial charge in [-0.15, -0.1) is 23.2 Å². The number of halogens is 8. The molecular weight excluding hydrogens is 1640 g/mol. The number of hydrogen-bond acceptors (Lipinski definition) is 14. The molecule has 11 rings (SSSR count). The van der Waals surface area contributed by atoms with Gasteiger partial charge in [-0.1, -0.05) is 141 Å². The summed E-state index contributed by atoms with van der Waals surface area (Å²) in [5.41, 5.74) is 12.1. The number of aliphatic hydroxyl groups is 2. The maximum absolute atomic E-state index is 13.5. The van der Waals surface area contributed by atoms with E-state index in [2.05, 4.69) is 60.7 Å². The number of benzene rings is 2. The highest BCUT2D eigenvalue weighted by Crippen LogP contribution is 2.50. The van der Waals surface area contributed by atoms with Gasteiger partial charge in [0.1, 0.15) is 12.4 Å². The van der Waals surface area contributed by atoms with E-state index in [4.69, 9.17) is 46.9 Å². The van der Waals surface area contributed by atoms with Crippen LogP contribution >= 0.6 is 23.2 Å². The van der Waals surface area contributed by atoms with Crippen molar-refractivity contribution in [3.8, 4) is 23.0 Å². The Bertz CT molecular complexity index is 4850. The van der Waals surface area contributed by atoms with E-state index in [0.717, 1.165) is 151 Å². The smallest absolute Gasteiger partial charge is 0.416 e. The average molecular weight is 1780 g/mol. The van der Waals surface area contributed by atoms with Gasteiger partial charge in [-0.2, -0.15) is 45.3 Å². The third-order valence-corrected chi connectivity index (χ3v) is 24.0. The van der Waals surface area contributed by atoms with Crippen LogP contribution in [0.15, 0.2) is 107 Å². The molecule has 124 heavy (non-hydrogen) atoms. The highest BCUT2D eigenvalue weighted by atomic mass is 35.5.